The van der Waals surface area contributed by atoms with E-state index in [-0.39, 0.29) is 10.6 Å². The molecule has 22 heavy (non-hydrogen) atoms. The molecule has 8 nitrogen and oxygen atoms in total. The highest BCUT2D eigenvalue weighted by molar-refractivity contribution is 7.90. The maximum absolute atomic E-state index is 11.4. The van der Waals surface area contributed by atoms with Gasteiger partial charge in [0.05, 0.1) is 15.5 Å². The molecule has 0 saturated carbocycles. The third-order valence-electron chi connectivity index (χ3n) is 2.74. The summed E-state index contributed by atoms with van der Waals surface area (Å²) in [7, 11) is -3.54. The molecule has 0 aliphatic carbocycles. The van der Waals surface area contributed by atoms with Gasteiger partial charge in [-0.15, -0.1) is 5.11 Å². The van der Waals surface area contributed by atoms with Crippen molar-refractivity contribution in [3.63, 3.8) is 0 Å². The number of rotatable bonds is 4. The Morgan fingerprint density at radius 1 is 1.09 bits per heavy atom. The van der Waals surface area contributed by atoms with Crippen molar-refractivity contribution < 1.29 is 13.3 Å². The van der Waals surface area contributed by atoms with Gasteiger partial charge >= 0.3 is 0 Å². The zero-order valence-electron chi connectivity index (χ0n) is 11.5. The number of anilines is 1. The summed E-state index contributed by atoms with van der Waals surface area (Å²) in [6.07, 6.45) is 0.974. The minimum Gasteiger partial charge on any atom is -0.399 e. The van der Waals surface area contributed by atoms with Gasteiger partial charge in [-0.3, -0.25) is 10.1 Å². The lowest BCUT2D eigenvalue weighted by molar-refractivity contribution is -0.384. The minimum absolute atomic E-state index is 0.0331. The molecule has 0 radical (unpaired) electrons. The van der Waals surface area contributed by atoms with Gasteiger partial charge in [-0.05, 0) is 36.4 Å². The molecular formula is C13H12N4O4S. The molecule has 9 heteroatoms. The molecule has 2 aromatic carbocycles. The molecule has 0 amide bonds. The molecule has 0 atom stereocenters. The van der Waals surface area contributed by atoms with Gasteiger partial charge in [0.2, 0.25) is 0 Å². The summed E-state index contributed by atoms with van der Waals surface area (Å²) in [4.78, 5) is 10.2. The first-order valence-electron chi connectivity index (χ1n) is 6.03. The van der Waals surface area contributed by atoms with E-state index in [1.165, 1.54) is 12.1 Å². The lowest BCUT2D eigenvalue weighted by Crippen LogP contribution is -1.98. The fraction of sp³-hybridized carbons (Fsp3) is 0.0769. The van der Waals surface area contributed by atoms with E-state index in [1.54, 1.807) is 24.3 Å². The number of nitro benzene ring substituents is 1. The molecule has 0 heterocycles. The Morgan fingerprint density at radius 2 is 1.73 bits per heavy atom. The van der Waals surface area contributed by atoms with Gasteiger partial charge in [0.15, 0.2) is 15.5 Å². The summed E-state index contributed by atoms with van der Waals surface area (Å²) >= 11 is 0. The third kappa shape index (κ3) is 3.64. The molecule has 0 fully saturated rings. The van der Waals surface area contributed by atoms with Crippen molar-refractivity contribution >= 4 is 32.6 Å². The number of nitro groups is 1. The highest BCUT2D eigenvalue weighted by Gasteiger charge is 2.18. The van der Waals surface area contributed by atoms with Crippen LogP contribution in [0.15, 0.2) is 57.6 Å². The number of nitrogens with zero attached hydrogens (tertiary/aromatic N) is 3. The molecule has 0 spiro atoms. The van der Waals surface area contributed by atoms with Crippen molar-refractivity contribution in [2.24, 2.45) is 10.2 Å². The molecule has 0 aliphatic rings. The molecule has 0 bridgehead atoms. The van der Waals surface area contributed by atoms with Gasteiger partial charge in [0.25, 0.3) is 5.69 Å². The molecule has 0 saturated heterocycles. The molecule has 0 aromatic heterocycles. The van der Waals surface area contributed by atoms with E-state index < -0.39 is 20.4 Å². The third-order valence-corrected chi connectivity index (χ3v) is 3.85. The zero-order valence-corrected chi connectivity index (χ0v) is 12.3. The van der Waals surface area contributed by atoms with Gasteiger partial charge in [-0.2, -0.15) is 5.11 Å². The SMILES string of the molecule is CS(=O)(=O)c1ccc(N=Nc2ccc(N)cc2)c([N+](=O)[O-])c1. The lowest BCUT2D eigenvalue weighted by atomic mass is 10.3. The Labute approximate surface area is 126 Å². The summed E-state index contributed by atoms with van der Waals surface area (Å²) in [5.74, 6) is 0. The van der Waals surface area contributed by atoms with E-state index in [0.717, 1.165) is 12.3 Å². The van der Waals surface area contributed by atoms with E-state index >= 15 is 0 Å². The molecule has 2 aromatic rings. The minimum atomic E-state index is -3.54. The number of hydrogen-bond donors (Lipinski definition) is 1. The second-order valence-electron chi connectivity index (χ2n) is 4.47. The Bertz CT molecular complexity index is 845. The molecule has 114 valence electrons. The predicted molar refractivity (Wildman–Crippen MR) is 81.2 cm³/mol. The number of nitrogen functional groups attached to an aromatic ring is 1. The van der Waals surface area contributed by atoms with Crippen LogP contribution < -0.4 is 5.73 Å². The average molecular weight is 320 g/mol. The fourth-order valence-electron chi connectivity index (χ4n) is 1.62. The summed E-state index contributed by atoms with van der Waals surface area (Å²) in [5, 5.41) is 18.7. The normalized spacial score (nSPS) is 11.7. The van der Waals surface area contributed by atoms with Gasteiger partial charge < -0.3 is 5.73 Å². The highest BCUT2D eigenvalue weighted by Crippen LogP contribution is 2.31. The molecule has 0 aliphatic heterocycles. The van der Waals surface area contributed by atoms with Crippen molar-refractivity contribution in [2.75, 3.05) is 12.0 Å². The Kier molecular flexibility index (Phi) is 4.18. The summed E-state index contributed by atoms with van der Waals surface area (Å²) in [5.41, 5.74) is 6.10. The van der Waals surface area contributed by atoms with Crippen molar-refractivity contribution in [3.8, 4) is 0 Å². The average Bonchev–Trinajstić information content (AvgIpc) is 2.45. The van der Waals surface area contributed by atoms with E-state index in [9.17, 15) is 18.5 Å². The zero-order chi connectivity index (χ0) is 16.3. The first-order chi connectivity index (χ1) is 10.3. The van der Waals surface area contributed by atoms with Crippen molar-refractivity contribution in [1.82, 2.24) is 0 Å². The van der Waals surface area contributed by atoms with Crippen LogP contribution in [0.5, 0.6) is 0 Å². The van der Waals surface area contributed by atoms with Crippen LogP contribution in [0, 0.1) is 10.1 Å². The molecule has 2 rings (SSSR count). The van der Waals surface area contributed by atoms with E-state index in [1.807, 2.05) is 0 Å². The van der Waals surface area contributed by atoms with Crippen LogP contribution in [-0.2, 0) is 9.84 Å². The lowest BCUT2D eigenvalue weighted by Gasteiger charge is -2.00. The van der Waals surface area contributed by atoms with Crippen LogP contribution >= 0.6 is 0 Å². The summed E-state index contributed by atoms with van der Waals surface area (Å²) in [6.45, 7) is 0. The van der Waals surface area contributed by atoms with Crippen LogP contribution in [0.2, 0.25) is 0 Å². The summed E-state index contributed by atoms with van der Waals surface area (Å²) < 4.78 is 22.9. The second kappa shape index (κ2) is 5.90. The van der Waals surface area contributed by atoms with Crippen LogP contribution in [0.25, 0.3) is 0 Å². The first-order valence-corrected chi connectivity index (χ1v) is 7.92. The van der Waals surface area contributed by atoms with Crippen molar-refractivity contribution in [3.05, 3.63) is 52.6 Å². The number of sulfone groups is 1. The maximum Gasteiger partial charge on any atom is 0.298 e. The van der Waals surface area contributed by atoms with E-state index in [2.05, 4.69) is 10.2 Å². The van der Waals surface area contributed by atoms with E-state index in [4.69, 9.17) is 5.73 Å². The van der Waals surface area contributed by atoms with Gasteiger partial charge in [-0.25, -0.2) is 8.42 Å². The fourth-order valence-corrected chi connectivity index (χ4v) is 2.26. The second-order valence-corrected chi connectivity index (χ2v) is 6.49. The monoisotopic (exact) mass is 320 g/mol. The van der Waals surface area contributed by atoms with Gasteiger partial charge in [0.1, 0.15) is 0 Å². The number of azo groups is 1. The molecule has 2 N–H and O–H groups in total. The standard InChI is InChI=1S/C13H12N4O4S/c1-22(20,21)11-6-7-12(13(8-11)17(18)19)16-15-10-4-2-9(14)3-5-10/h2-8H,14H2,1H3. The maximum atomic E-state index is 11.4. The Hall–Kier alpha value is -2.81. The van der Waals surface area contributed by atoms with Gasteiger partial charge in [0, 0.05) is 18.0 Å². The van der Waals surface area contributed by atoms with E-state index in [0.29, 0.717) is 11.4 Å². The first kappa shape index (κ1) is 15.6. The smallest absolute Gasteiger partial charge is 0.298 e. The van der Waals surface area contributed by atoms with Crippen LogP contribution in [-0.4, -0.2) is 19.6 Å². The van der Waals surface area contributed by atoms with Crippen LogP contribution in [0.4, 0.5) is 22.7 Å². The van der Waals surface area contributed by atoms with Crippen LogP contribution in [0.3, 0.4) is 0 Å². The summed E-state index contributed by atoms with van der Waals surface area (Å²) in [6, 6.07) is 9.91. The molecular weight excluding hydrogens is 308 g/mol. The quantitative estimate of drug-likeness (QED) is 0.401. The Morgan fingerprint density at radius 3 is 2.27 bits per heavy atom. The largest absolute Gasteiger partial charge is 0.399 e. The number of nitrogens with two attached hydrogens (primary N) is 1. The number of benzene rings is 2. The Balaban J connectivity index is 2.42. The van der Waals surface area contributed by atoms with Gasteiger partial charge in [-0.1, -0.05) is 0 Å². The highest BCUT2D eigenvalue weighted by atomic mass is 32.2. The van der Waals surface area contributed by atoms with Crippen molar-refractivity contribution in [1.29, 1.82) is 0 Å². The van der Waals surface area contributed by atoms with Crippen molar-refractivity contribution in [2.45, 2.75) is 4.90 Å². The number of hydrogen-bond acceptors (Lipinski definition) is 7. The molecule has 0 unspecified atom stereocenters. The topological polar surface area (TPSA) is 128 Å². The van der Waals surface area contributed by atoms with Crippen LogP contribution in [0.1, 0.15) is 0 Å². The predicted octanol–water partition coefficient (Wildman–Crippen LogP) is 3.00.